The van der Waals surface area contributed by atoms with Crippen molar-refractivity contribution >= 4 is 5.91 Å². The fourth-order valence-electron chi connectivity index (χ4n) is 2.38. The molecule has 1 aliphatic carbocycles. The molecule has 6 nitrogen and oxygen atoms in total. The normalized spacial score (nSPS) is 36.7. The van der Waals surface area contributed by atoms with Crippen LogP contribution in [0.2, 0.25) is 0 Å². The molecule has 106 valence electrons. The Balaban J connectivity index is 2.83. The van der Waals surface area contributed by atoms with Crippen LogP contribution in [0.1, 0.15) is 27.2 Å². The summed E-state index contributed by atoms with van der Waals surface area (Å²) in [5, 5.41) is 31.7. The van der Waals surface area contributed by atoms with Crippen molar-refractivity contribution in [2.24, 2.45) is 5.92 Å². The van der Waals surface area contributed by atoms with Gasteiger partial charge in [-0.1, -0.05) is 0 Å². The zero-order valence-corrected chi connectivity index (χ0v) is 11.0. The third kappa shape index (κ3) is 3.65. The van der Waals surface area contributed by atoms with Gasteiger partial charge in [-0.15, -0.1) is 0 Å². The van der Waals surface area contributed by atoms with Gasteiger partial charge in [0.25, 0.3) is 0 Å². The average Bonchev–Trinajstić information content (AvgIpc) is 2.27. The van der Waals surface area contributed by atoms with E-state index in [-0.39, 0.29) is 18.6 Å². The van der Waals surface area contributed by atoms with Gasteiger partial charge in [0.15, 0.2) is 0 Å². The van der Waals surface area contributed by atoms with Crippen molar-refractivity contribution in [2.45, 2.75) is 57.6 Å². The summed E-state index contributed by atoms with van der Waals surface area (Å²) in [6.45, 7) is 4.85. The number of aliphatic hydroxyl groups excluding tert-OH is 3. The quantitative estimate of drug-likeness (QED) is 0.521. The molecule has 1 aliphatic rings. The van der Waals surface area contributed by atoms with Gasteiger partial charge >= 0.3 is 0 Å². The first kappa shape index (κ1) is 15.4. The Labute approximate surface area is 107 Å². The minimum atomic E-state index is -1.14. The van der Waals surface area contributed by atoms with Crippen LogP contribution in [-0.2, 0) is 9.53 Å². The van der Waals surface area contributed by atoms with Crippen LogP contribution in [-0.4, -0.2) is 58.3 Å². The van der Waals surface area contributed by atoms with Crippen molar-refractivity contribution in [1.82, 2.24) is 5.32 Å². The molecule has 1 rings (SSSR count). The predicted octanol–water partition coefficient (Wildman–Crippen LogP) is -0.981. The van der Waals surface area contributed by atoms with Crippen LogP contribution in [0.3, 0.4) is 0 Å². The fraction of sp³-hybridized carbons (Fsp3) is 0.917. The van der Waals surface area contributed by atoms with Gasteiger partial charge in [0.1, 0.15) is 6.10 Å². The predicted molar refractivity (Wildman–Crippen MR) is 64.8 cm³/mol. The fourth-order valence-corrected chi connectivity index (χ4v) is 2.38. The molecular formula is C12H23NO5. The Bertz CT molecular complexity index is 284. The van der Waals surface area contributed by atoms with Crippen molar-refractivity contribution in [3.8, 4) is 0 Å². The molecule has 0 radical (unpaired) electrons. The first-order chi connectivity index (χ1) is 8.36. The van der Waals surface area contributed by atoms with Crippen LogP contribution < -0.4 is 5.32 Å². The highest BCUT2D eigenvalue weighted by Crippen LogP contribution is 2.28. The molecule has 1 amide bonds. The molecule has 0 saturated heterocycles. The Morgan fingerprint density at radius 3 is 2.44 bits per heavy atom. The zero-order chi connectivity index (χ0) is 13.9. The van der Waals surface area contributed by atoms with E-state index in [4.69, 9.17) is 4.74 Å². The molecule has 0 unspecified atom stereocenters. The maximum atomic E-state index is 11.1. The van der Waals surface area contributed by atoms with Gasteiger partial charge in [0.2, 0.25) is 5.91 Å². The van der Waals surface area contributed by atoms with Crippen LogP contribution in [0.25, 0.3) is 0 Å². The first-order valence-electron chi connectivity index (χ1n) is 6.26. The van der Waals surface area contributed by atoms with Crippen LogP contribution in [0.5, 0.6) is 0 Å². The molecule has 0 aromatic carbocycles. The highest BCUT2D eigenvalue weighted by molar-refractivity contribution is 5.73. The number of carbonyl (C=O) groups is 1. The second-order valence-electron chi connectivity index (χ2n) is 5.11. The summed E-state index contributed by atoms with van der Waals surface area (Å²) in [5.41, 5.74) is 0. The van der Waals surface area contributed by atoms with Crippen molar-refractivity contribution < 1.29 is 24.9 Å². The van der Waals surface area contributed by atoms with E-state index < -0.39 is 30.3 Å². The highest BCUT2D eigenvalue weighted by Gasteiger charge is 2.44. The number of amides is 1. The summed E-state index contributed by atoms with van der Waals surface area (Å²) in [6, 6.07) is -0.650. The highest BCUT2D eigenvalue weighted by atomic mass is 16.5. The third-order valence-electron chi connectivity index (χ3n) is 3.19. The number of aliphatic hydroxyl groups is 3. The molecule has 4 N–H and O–H groups in total. The molecule has 0 heterocycles. The summed E-state index contributed by atoms with van der Waals surface area (Å²) in [6.07, 6.45) is -2.27. The minimum absolute atomic E-state index is 0.0620. The average molecular weight is 261 g/mol. The SMILES string of the molecule is CC(=O)N[C@@H]1[C@@H](O)[C@@H](O)[C@@H](CO)C[C@@H]1OC(C)C. The summed E-state index contributed by atoms with van der Waals surface area (Å²) >= 11 is 0. The molecule has 0 aromatic heterocycles. The van der Waals surface area contributed by atoms with Crippen LogP contribution in [0.4, 0.5) is 0 Å². The topological polar surface area (TPSA) is 99.0 Å². The van der Waals surface area contributed by atoms with E-state index in [2.05, 4.69) is 5.32 Å². The lowest BCUT2D eigenvalue weighted by molar-refractivity contribution is -0.149. The van der Waals surface area contributed by atoms with E-state index in [9.17, 15) is 20.1 Å². The van der Waals surface area contributed by atoms with E-state index in [1.54, 1.807) is 0 Å². The third-order valence-corrected chi connectivity index (χ3v) is 3.19. The lowest BCUT2D eigenvalue weighted by Crippen LogP contribution is -2.61. The monoisotopic (exact) mass is 261 g/mol. The standard InChI is InChI=1S/C12H23NO5/c1-6(2)18-9-4-8(5-14)11(16)12(17)10(9)13-7(3)15/h6,8-12,14,16-17H,4-5H2,1-3H3,(H,13,15)/t8-,9+,10+,11+,12-/m1/s1. The summed E-state index contributed by atoms with van der Waals surface area (Å²) in [5.74, 6) is -0.722. The van der Waals surface area contributed by atoms with Crippen molar-refractivity contribution in [2.75, 3.05) is 6.61 Å². The van der Waals surface area contributed by atoms with Crippen LogP contribution >= 0.6 is 0 Å². The zero-order valence-electron chi connectivity index (χ0n) is 11.0. The number of nitrogens with one attached hydrogen (secondary N) is 1. The maximum absolute atomic E-state index is 11.1. The van der Waals surface area contributed by atoms with E-state index in [0.717, 1.165) is 0 Å². The van der Waals surface area contributed by atoms with E-state index in [0.29, 0.717) is 6.42 Å². The number of carbonyl (C=O) groups excluding carboxylic acids is 1. The lowest BCUT2D eigenvalue weighted by atomic mass is 9.79. The van der Waals surface area contributed by atoms with Gasteiger partial charge in [-0.25, -0.2) is 0 Å². The molecule has 1 fully saturated rings. The number of rotatable bonds is 4. The second-order valence-corrected chi connectivity index (χ2v) is 5.11. The minimum Gasteiger partial charge on any atom is -0.396 e. The lowest BCUT2D eigenvalue weighted by Gasteiger charge is -2.42. The Morgan fingerprint density at radius 2 is 2.00 bits per heavy atom. The first-order valence-corrected chi connectivity index (χ1v) is 6.26. The molecule has 6 heteroatoms. The van der Waals surface area contributed by atoms with Crippen molar-refractivity contribution in [3.63, 3.8) is 0 Å². The summed E-state index contributed by atoms with van der Waals surface area (Å²) in [7, 11) is 0. The van der Waals surface area contributed by atoms with Gasteiger partial charge in [0, 0.05) is 19.4 Å². The Kier molecular flexibility index (Phi) is 5.52. The van der Waals surface area contributed by atoms with E-state index in [1.165, 1.54) is 6.92 Å². The van der Waals surface area contributed by atoms with Gasteiger partial charge in [-0.3, -0.25) is 4.79 Å². The Morgan fingerprint density at radius 1 is 1.39 bits per heavy atom. The van der Waals surface area contributed by atoms with Crippen LogP contribution in [0.15, 0.2) is 0 Å². The van der Waals surface area contributed by atoms with E-state index in [1.807, 2.05) is 13.8 Å². The molecule has 0 aliphatic heterocycles. The molecule has 1 saturated carbocycles. The number of hydrogen-bond acceptors (Lipinski definition) is 5. The van der Waals surface area contributed by atoms with Gasteiger partial charge in [-0.05, 0) is 20.3 Å². The Hall–Kier alpha value is -0.690. The van der Waals surface area contributed by atoms with Crippen LogP contribution in [0, 0.1) is 5.92 Å². The molecular weight excluding hydrogens is 238 g/mol. The second kappa shape index (κ2) is 6.47. The largest absolute Gasteiger partial charge is 0.396 e. The molecule has 0 bridgehead atoms. The maximum Gasteiger partial charge on any atom is 0.217 e. The van der Waals surface area contributed by atoms with Gasteiger partial charge < -0.3 is 25.4 Å². The molecule has 0 aromatic rings. The van der Waals surface area contributed by atoms with Gasteiger partial charge in [0.05, 0.1) is 24.4 Å². The van der Waals surface area contributed by atoms with Gasteiger partial charge in [-0.2, -0.15) is 0 Å². The molecule has 5 atom stereocenters. The summed E-state index contributed by atoms with van der Waals surface area (Å²) < 4.78 is 5.66. The van der Waals surface area contributed by atoms with Crippen molar-refractivity contribution in [3.05, 3.63) is 0 Å². The molecule has 0 spiro atoms. The number of ether oxygens (including phenoxy) is 1. The number of hydrogen-bond donors (Lipinski definition) is 4. The summed E-state index contributed by atoms with van der Waals surface area (Å²) in [4.78, 5) is 11.1. The molecule has 18 heavy (non-hydrogen) atoms. The van der Waals surface area contributed by atoms with Crippen molar-refractivity contribution in [1.29, 1.82) is 0 Å². The van der Waals surface area contributed by atoms with E-state index >= 15 is 0 Å². The smallest absolute Gasteiger partial charge is 0.217 e.